The van der Waals surface area contributed by atoms with Crippen molar-refractivity contribution < 1.29 is 0 Å². The number of anilines is 4. The van der Waals surface area contributed by atoms with Crippen LogP contribution in [0.4, 0.5) is 22.7 Å². The van der Waals surface area contributed by atoms with Crippen molar-refractivity contribution in [1.29, 1.82) is 0 Å². The highest BCUT2D eigenvalue weighted by Crippen LogP contribution is 2.39. The van der Waals surface area contributed by atoms with E-state index in [2.05, 4.69) is 241 Å². The normalized spacial score (nSPS) is 10.9. The summed E-state index contributed by atoms with van der Waals surface area (Å²) in [6.45, 7) is 0. The molecule has 0 aromatic heterocycles. The summed E-state index contributed by atoms with van der Waals surface area (Å²) >= 11 is 0. The summed E-state index contributed by atoms with van der Waals surface area (Å²) in [5.41, 5.74) is 18.2. The maximum Gasteiger partial charge on any atom is 0.0464 e. The first-order valence-corrected chi connectivity index (χ1v) is 19.1. The highest BCUT2D eigenvalue weighted by atomic mass is 14.9. The summed E-state index contributed by atoms with van der Waals surface area (Å²) in [6, 6.07) is 81.9. The van der Waals surface area contributed by atoms with Crippen molar-refractivity contribution in [2.45, 2.75) is 0 Å². The maximum atomic E-state index is 3.82. The molecule has 9 aromatic carbocycles. The second kappa shape index (κ2) is 15.9. The van der Waals surface area contributed by atoms with Crippen LogP contribution in [0.25, 0.3) is 66.8 Å². The van der Waals surface area contributed by atoms with Crippen molar-refractivity contribution in [3.63, 3.8) is 0 Å². The van der Waals surface area contributed by atoms with Gasteiger partial charge < -0.3 is 10.6 Å². The van der Waals surface area contributed by atoms with Crippen LogP contribution in [0.15, 0.2) is 231 Å². The summed E-state index contributed by atoms with van der Waals surface area (Å²) < 4.78 is 0. The summed E-state index contributed by atoms with van der Waals surface area (Å²) in [5, 5.41) is 7.53. The molecule has 2 N–H and O–H groups in total. The molecule has 0 unspecified atom stereocenters. The third-order valence-corrected chi connectivity index (χ3v) is 10.2. The van der Waals surface area contributed by atoms with Gasteiger partial charge in [-0.3, -0.25) is 0 Å². The molecule has 9 rings (SSSR count). The molecule has 0 aliphatic heterocycles. The van der Waals surface area contributed by atoms with Gasteiger partial charge >= 0.3 is 0 Å². The van der Waals surface area contributed by atoms with Crippen molar-refractivity contribution in [3.05, 3.63) is 231 Å². The van der Waals surface area contributed by atoms with Crippen LogP contribution in [-0.2, 0) is 0 Å². The molecule has 0 saturated heterocycles. The molecule has 0 heterocycles. The third-order valence-electron chi connectivity index (χ3n) is 10.2. The zero-order chi connectivity index (χ0) is 37.5. The fraction of sp³-hybridized carbons (Fsp3) is 0. The minimum atomic E-state index is 1.04. The fourth-order valence-corrected chi connectivity index (χ4v) is 7.38. The lowest BCUT2D eigenvalue weighted by Gasteiger charge is -2.17. The molecule has 0 amide bonds. The monoisotopic (exact) mass is 716 g/mol. The molecule has 0 atom stereocenters. The number of benzene rings is 9. The van der Waals surface area contributed by atoms with Gasteiger partial charge in [0.2, 0.25) is 0 Å². The van der Waals surface area contributed by atoms with Gasteiger partial charge in [-0.2, -0.15) is 0 Å². The molecule has 0 saturated carbocycles. The standard InChI is InChI=1S/C54H40N2/c1-5-16-39(17-6-1)42-28-31-49(32-29-42)55-54-33-30-45(38-52(54)43-22-11-4-12-23-43)44-24-15-25-46(34-44)51-26-13-14-27-53(51)56-50-36-47(40-18-7-2-8-19-40)35-48(37-50)41-20-9-3-10-21-41/h1-38,55-56H. The maximum absolute atomic E-state index is 3.82. The van der Waals surface area contributed by atoms with Crippen molar-refractivity contribution in [2.24, 2.45) is 0 Å². The lowest BCUT2D eigenvalue weighted by atomic mass is 9.94. The molecule has 266 valence electrons. The van der Waals surface area contributed by atoms with Gasteiger partial charge in [0.1, 0.15) is 0 Å². The van der Waals surface area contributed by atoms with Gasteiger partial charge in [-0.05, 0) is 110 Å². The number of rotatable bonds is 10. The van der Waals surface area contributed by atoms with Gasteiger partial charge in [0.05, 0.1) is 0 Å². The zero-order valence-corrected chi connectivity index (χ0v) is 30.9. The van der Waals surface area contributed by atoms with Crippen molar-refractivity contribution in [3.8, 4) is 66.8 Å². The van der Waals surface area contributed by atoms with Gasteiger partial charge in [0.25, 0.3) is 0 Å². The predicted molar refractivity (Wildman–Crippen MR) is 239 cm³/mol. The van der Waals surface area contributed by atoms with Crippen molar-refractivity contribution >= 4 is 22.7 Å². The van der Waals surface area contributed by atoms with Crippen LogP contribution in [0.1, 0.15) is 0 Å². The van der Waals surface area contributed by atoms with E-state index in [4.69, 9.17) is 0 Å². The topological polar surface area (TPSA) is 24.1 Å². The summed E-state index contributed by atoms with van der Waals surface area (Å²) in [5.74, 6) is 0. The highest BCUT2D eigenvalue weighted by molar-refractivity contribution is 5.89. The summed E-state index contributed by atoms with van der Waals surface area (Å²) in [4.78, 5) is 0. The first-order chi connectivity index (χ1) is 27.7. The molecule has 0 fully saturated rings. The van der Waals surface area contributed by atoms with Gasteiger partial charge in [-0.25, -0.2) is 0 Å². The van der Waals surface area contributed by atoms with E-state index >= 15 is 0 Å². The molecule has 0 spiro atoms. The van der Waals surface area contributed by atoms with Crippen LogP contribution < -0.4 is 10.6 Å². The van der Waals surface area contributed by atoms with E-state index in [1.807, 2.05) is 0 Å². The molecule has 9 aromatic rings. The van der Waals surface area contributed by atoms with Crippen LogP contribution in [-0.4, -0.2) is 0 Å². The van der Waals surface area contributed by atoms with Crippen molar-refractivity contribution in [1.82, 2.24) is 0 Å². The number of hydrogen-bond acceptors (Lipinski definition) is 2. The second-order valence-electron chi connectivity index (χ2n) is 14.0. The van der Waals surface area contributed by atoms with E-state index in [9.17, 15) is 0 Å². The van der Waals surface area contributed by atoms with Gasteiger partial charge in [0, 0.05) is 33.9 Å². The first kappa shape index (κ1) is 34.4. The van der Waals surface area contributed by atoms with E-state index in [1.54, 1.807) is 0 Å². The van der Waals surface area contributed by atoms with Gasteiger partial charge in [0.15, 0.2) is 0 Å². The van der Waals surface area contributed by atoms with E-state index in [-0.39, 0.29) is 0 Å². The molecular formula is C54H40N2. The summed E-state index contributed by atoms with van der Waals surface area (Å²) in [7, 11) is 0. The molecule has 2 heteroatoms. The Kier molecular flexibility index (Phi) is 9.75. The summed E-state index contributed by atoms with van der Waals surface area (Å²) in [6.07, 6.45) is 0. The quantitative estimate of drug-likeness (QED) is 0.147. The van der Waals surface area contributed by atoms with Crippen LogP contribution >= 0.6 is 0 Å². The number of para-hydroxylation sites is 1. The number of hydrogen-bond donors (Lipinski definition) is 2. The Morgan fingerprint density at radius 1 is 0.196 bits per heavy atom. The lowest BCUT2D eigenvalue weighted by Crippen LogP contribution is -1.96. The Bertz CT molecular complexity index is 2650. The van der Waals surface area contributed by atoms with E-state index in [0.717, 1.165) is 56.1 Å². The average molecular weight is 717 g/mol. The minimum absolute atomic E-state index is 1.04. The smallest absolute Gasteiger partial charge is 0.0464 e. The van der Waals surface area contributed by atoms with Gasteiger partial charge in [-0.15, -0.1) is 0 Å². The first-order valence-electron chi connectivity index (χ1n) is 19.1. The van der Waals surface area contributed by atoms with Crippen LogP contribution in [0, 0.1) is 0 Å². The molecule has 0 aliphatic carbocycles. The average Bonchev–Trinajstić information content (AvgIpc) is 3.28. The Hall–Kier alpha value is -7.42. The fourth-order valence-electron chi connectivity index (χ4n) is 7.38. The van der Waals surface area contributed by atoms with Crippen molar-refractivity contribution in [2.75, 3.05) is 10.6 Å². The minimum Gasteiger partial charge on any atom is -0.355 e. The SMILES string of the molecule is c1ccc(-c2ccc(Nc3ccc(-c4cccc(-c5ccccc5Nc5cc(-c6ccccc6)cc(-c6ccccc6)c5)c4)cc3-c3ccccc3)cc2)cc1. The molecule has 2 nitrogen and oxygen atoms in total. The van der Waals surface area contributed by atoms with Crippen LogP contribution in [0.2, 0.25) is 0 Å². The molecular weight excluding hydrogens is 677 g/mol. The third kappa shape index (κ3) is 7.64. The molecule has 0 radical (unpaired) electrons. The zero-order valence-electron chi connectivity index (χ0n) is 30.9. The number of nitrogens with one attached hydrogen (secondary N) is 2. The van der Waals surface area contributed by atoms with E-state index in [0.29, 0.717) is 0 Å². The largest absolute Gasteiger partial charge is 0.355 e. The Labute approximate surface area is 329 Å². The predicted octanol–water partition coefficient (Wildman–Crippen LogP) is 15.2. The lowest BCUT2D eigenvalue weighted by molar-refractivity contribution is 1.51. The van der Waals surface area contributed by atoms with Crippen LogP contribution in [0.3, 0.4) is 0 Å². The Morgan fingerprint density at radius 2 is 0.607 bits per heavy atom. The molecule has 56 heavy (non-hydrogen) atoms. The van der Waals surface area contributed by atoms with E-state index in [1.165, 1.54) is 33.4 Å². The Morgan fingerprint density at radius 3 is 1.23 bits per heavy atom. The highest BCUT2D eigenvalue weighted by Gasteiger charge is 2.13. The van der Waals surface area contributed by atoms with Crippen LogP contribution in [0.5, 0.6) is 0 Å². The Balaban J connectivity index is 1.04. The molecule has 0 bridgehead atoms. The molecule has 0 aliphatic rings. The second-order valence-corrected chi connectivity index (χ2v) is 14.0. The van der Waals surface area contributed by atoms with Gasteiger partial charge in [-0.1, -0.05) is 176 Å². The van der Waals surface area contributed by atoms with E-state index < -0.39 is 0 Å².